The molecule has 1 atom stereocenters. The van der Waals surface area contributed by atoms with Crippen molar-refractivity contribution in [1.29, 1.82) is 0 Å². The zero-order chi connectivity index (χ0) is 18.4. The van der Waals surface area contributed by atoms with Crippen LogP contribution in [0.2, 0.25) is 0 Å². The predicted molar refractivity (Wildman–Crippen MR) is 104 cm³/mol. The zero-order valence-electron chi connectivity index (χ0n) is 15.6. The summed E-state index contributed by atoms with van der Waals surface area (Å²) in [5.74, 6) is 0.0915. The minimum absolute atomic E-state index is 0.0915. The van der Waals surface area contributed by atoms with E-state index < -0.39 is 0 Å². The van der Waals surface area contributed by atoms with Gasteiger partial charge in [-0.3, -0.25) is 19.6 Å². The molecule has 1 fully saturated rings. The first-order chi connectivity index (χ1) is 12.6. The molecule has 138 valence electrons. The van der Waals surface area contributed by atoms with E-state index in [1.54, 1.807) is 0 Å². The molecule has 0 aliphatic carbocycles. The van der Waals surface area contributed by atoms with Gasteiger partial charge in [-0.2, -0.15) is 0 Å². The van der Waals surface area contributed by atoms with Crippen LogP contribution in [0.25, 0.3) is 0 Å². The monoisotopic (exact) mass is 352 g/mol. The van der Waals surface area contributed by atoms with E-state index in [1.165, 1.54) is 5.56 Å². The van der Waals surface area contributed by atoms with E-state index in [0.717, 1.165) is 38.0 Å². The first kappa shape index (κ1) is 18.5. The third-order valence-electron chi connectivity index (χ3n) is 4.97. The fraction of sp³-hybridized carbons (Fsp3) is 0.429. The van der Waals surface area contributed by atoms with Gasteiger partial charge in [-0.05, 0) is 50.2 Å². The van der Waals surface area contributed by atoms with Crippen molar-refractivity contribution in [3.8, 4) is 0 Å². The minimum atomic E-state index is -0.244. The summed E-state index contributed by atoms with van der Waals surface area (Å²) in [4.78, 5) is 21.3. The lowest BCUT2D eigenvalue weighted by atomic mass is 10.0. The summed E-state index contributed by atoms with van der Waals surface area (Å²) >= 11 is 0. The van der Waals surface area contributed by atoms with Crippen molar-refractivity contribution in [3.63, 3.8) is 0 Å². The largest absolute Gasteiger partial charge is 0.352 e. The van der Waals surface area contributed by atoms with Gasteiger partial charge in [0, 0.05) is 38.1 Å². The molecule has 0 bridgehead atoms. The predicted octanol–water partition coefficient (Wildman–Crippen LogP) is 2.47. The van der Waals surface area contributed by atoms with Crippen molar-refractivity contribution >= 4 is 5.91 Å². The molecule has 3 rings (SSSR count). The highest BCUT2D eigenvalue weighted by molar-refractivity contribution is 5.83. The van der Waals surface area contributed by atoms with Gasteiger partial charge >= 0.3 is 0 Å². The first-order valence-electron chi connectivity index (χ1n) is 9.26. The van der Waals surface area contributed by atoms with Crippen molar-refractivity contribution in [2.24, 2.45) is 0 Å². The standard InChI is InChI=1S/C21H28N4O/c1-24(2)20(18-6-4-3-5-7-18)21(26)23-19-10-14-25(15-11-19)16-17-8-12-22-13-9-17/h3-9,12-13,19-20H,10-11,14-16H2,1-2H3,(H,23,26). The molecule has 26 heavy (non-hydrogen) atoms. The number of nitrogens with zero attached hydrogens (tertiary/aromatic N) is 3. The normalized spacial score (nSPS) is 17.2. The third kappa shape index (κ3) is 4.90. The Bertz CT molecular complexity index is 682. The maximum absolute atomic E-state index is 12.9. The molecule has 1 unspecified atom stereocenters. The number of pyridine rings is 1. The molecule has 1 saturated heterocycles. The molecule has 1 aromatic carbocycles. The molecule has 5 nitrogen and oxygen atoms in total. The average molecular weight is 352 g/mol. The molecular formula is C21H28N4O. The zero-order valence-corrected chi connectivity index (χ0v) is 15.6. The Morgan fingerprint density at radius 3 is 2.42 bits per heavy atom. The van der Waals surface area contributed by atoms with E-state index >= 15 is 0 Å². The van der Waals surface area contributed by atoms with Gasteiger partial charge in [-0.15, -0.1) is 0 Å². The van der Waals surface area contributed by atoms with Gasteiger partial charge in [0.2, 0.25) is 5.91 Å². The van der Waals surface area contributed by atoms with Crippen LogP contribution in [-0.2, 0) is 11.3 Å². The number of piperidine rings is 1. The van der Waals surface area contributed by atoms with Crippen LogP contribution in [0.1, 0.15) is 30.0 Å². The van der Waals surface area contributed by atoms with E-state index in [4.69, 9.17) is 0 Å². The van der Waals surface area contributed by atoms with E-state index in [-0.39, 0.29) is 18.0 Å². The van der Waals surface area contributed by atoms with Gasteiger partial charge < -0.3 is 5.32 Å². The molecule has 1 aliphatic rings. The van der Waals surface area contributed by atoms with E-state index in [1.807, 2.05) is 61.7 Å². The molecule has 5 heteroatoms. The topological polar surface area (TPSA) is 48.5 Å². The summed E-state index contributed by atoms with van der Waals surface area (Å²) in [6.45, 7) is 2.96. The van der Waals surface area contributed by atoms with Crippen molar-refractivity contribution in [3.05, 3.63) is 66.0 Å². The number of likely N-dealkylation sites (N-methyl/N-ethyl adjacent to an activating group) is 1. The van der Waals surface area contributed by atoms with Crippen molar-refractivity contribution < 1.29 is 4.79 Å². The summed E-state index contributed by atoms with van der Waals surface area (Å²) in [6, 6.07) is 14.1. The van der Waals surface area contributed by atoms with E-state index in [0.29, 0.717) is 0 Å². The Labute approximate surface area is 156 Å². The molecular weight excluding hydrogens is 324 g/mol. The van der Waals surface area contributed by atoms with Crippen LogP contribution in [0, 0.1) is 0 Å². The number of amides is 1. The fourth-order valence-corrected chi connectivity index (χ4v) is 3.58. The number of benzene rings is 1. The van der Waals surface area contributed by atoms with E-state index in [9.17, 15) is 4.79 Å². The molecule has 1 aliphatic heterocycles. The number of hydrogen-bond acceptors (Lipinski definition) is 4. The summed E-state index contributed by atoms with van der Waals surface area (Å²) < 4.78 is 0. The lowest BCUT2D eigenvalue weighted by Crippen LogP contribution is -2.47. The SMILES string of the molecule is CN(C)C(C(=O)NC1CCN(Cc2ccncc2)CC1)c1ccccc1. The van der Waals surface area contributed by atoms with Gasteiger partial charge in [0.05, 0.1) is 0 Å². The Morgan fingerprint density at radius 2 is 1.81 bits per heavy atom. The smallest absolute Gasteiger partial charge is 0.242 e. The van der Waals surface area contributed by atoms with Gasteiger partial charge in [0.1, 0.15) is 6.04 Å². The summed E-state index contributed by atoms with van der Waals surface area (Å²) in [7, 11) is 3.91. The van der Waals surface area contributed by atoms with Crippen LogP contribution >= 0.6 is 0 Å². The van der Waals surface area contributed by atoms with Gasteiger partial charge in [0.25, 0.3) is 0 Å². The Hall–Kier alpha value is -2.24. The van der Waals surface area contributed by atoms with Crippen LogP contribution in [-0.4, -0.2) is 53.9 Å². The first-order valence-corrected chi connectivity index (χ1v) is 9.26. The summed E-state index contributed by atoms with van der Waals surface area (Å²) in [5, 5.41) is 3.27. The Kier molecular flexibility index (Phi) is 6.36. The van der Waals surface area contributed by atoms with E-state index in [2.05, 4.69) is 27.3 Å². The lowest BCUT2D eigenvalue weighted by Gasteiger charge is -2.34. The molecule has 2 aromatic rings. The van der Waals surface area contributed by atoms with Crippen molar-refractivity contribution in [2.45, 2.75) is 31.5 Å². The van der Waals surface area contributed by atoms with Crippen LogP contribution in [0.3, 0.4) is 0 Å². The van der Waals surface area contributed by atoms with Crippen molar-refractivity contribution in [2.75, 3.05) is 27.2 Å². The van der Waals surface area contributed by atoms with Crippen LogP contribution in [0.15, 0.2) is 54.9 Å². The summed E-state index contributed by atoms with van der Waals surface area (Å²) in [5.41, 5.74) is 2.32. The second kappa shape index (κ2) is 8.92. The highest BCUT2D eigenvalue weighted by atomic mass is 16.2. The summed E-state index contributed by atoms with van der Waals surface area (Å²) in [6.07, 6.45) is 5.66. The fourth-order valence-electron chi connectivity index (χ4n) is 3.58. The van der Waals surface area contributed by atoms with Crippen LogP contribution in [0.4, 0.5) is 0 Å². The number of nitrogens with one attached hydrogen (secondary N) is 1. The second-order valence-corrected chi connectivity index (χ2v) is 7.19. The van der Waals surface area contributed by atoms with Crippen LogP contribution < -0.4 is 5.32 Å². The maximum Gasteiger partial charge on any atom is 0.242 e. The quantitative estimate of drug-likeness (QED) is 0.868. The van der Waals surface area contributed by atoms with Crippen LogP contribution in [0.5, 0.6) is 0 Å². The van der Waals surface area contributed by atoms with Crippen molar-refractivity contribution in [1.82, 2.24) is 20.1 Å². The molecule has 0 saturated carbocycles. The maximum atomic E-state index is 12.9. The number of aromatic nitrogens is 1. The highest BCUT2D eigenvalue weighted by Gasteiger charge is 2.27. The molecule has 0 radical (unpaired) electrons. The number of likely N-dealkylation sites (tertiary alicyclic amines) is 1. The second-order valence-electron chi connectivity index (χ2n) is 7.19. The minimum Gasteiger partial charge on any atom is -0.352 e. The third-order valence-corrected chi connectivity index (χ3v) is 4.97. The molecule has 1 amide bonds. The Morgan fingerprint density at radius 1 is 1.15 bits per heavy atom. The highest BCUT2D eigenvalue weighted by Crippen LogP contribution is 2.20. The number of hydrogen-bond donors (Lipinski definition) is 1. The number of rotatable bonds is 6. The Balaban J connectivity index is 1.52. The molecule has 1 aromatic heterocycles. The lowest BCUT2D eigenvalue weighted by molar-refractivity contribution is -0.126. The van der Waals surface area contributed by atoms with Gasteiger partial charge in [-0.25, -0.2) is 0 Å². The molecule has 2 heterocycles. The number of carbonyl (C=O) groups excluding carboxylic acids is 1. The number of carbonyl (C=O) groups is 1. The van der Waals surface area contributed by atoms with Gasteiger partial charge in [0.15, 0.2) is 0 Å². The average Bonchev–Trinajstić information content (AvgIpc) is 2.65. The molecule has 0 spiro atoms. The molecule has 1 N–H and O–H groups in total. The van der Waals surface area contributed by atoms with Gasteiger partial charge in [-0.1, -0.05) is 30.3 Å².